The Kier molecular flexibility index (Phi) is 30.6. The average Bonchev–Trinajstić information content (AvgIpc) is 2.89. The molecule has 2 aromatic carbocycles. The van der Waals surface area contributed by atoms with E-state index in [2.05, 4.69) is 25.6 Å². The first-order valence-corrected chi connectivity index (χ1v) is 13.7. The number of para-hydroxylation sites is 2. The van der Waals surface area contributed by atoms with E-state index in [1.54, 1.807) is 24.3 Å². The van der Waals surface area contributed by atoms with E-state index in [0.29, 0.717) is 0 Å². The quantitative estimate of drug-likeness (QED) is 0.0370. The van der Waals surface area contributed by atoms with Crippen LogP contribution in [0.3, 0.4) is 0 Å². The van der Waals surface area contributed by atoms with Gasteiger partial charge in [0.25, 0.3) is 6.47 Å². The van der Waals surface area contributed by atoms with E-state index in [1.807, 2.05) is 0 Å². The van der Waals surface area contributed by atoms with Crippen LogP contribution in [0.15, 0.2) is 73.3 Å². The van der Waals surface area contributed by atoms with Gasteiger partial charge in [-0.2, -0.15) is 16.8 Å². The molecule has 0 bridgehead atoms. The largest absolute Gasteiger partial charge is 1.00 e. The molecule has 0 saturated carbocycles. The maximum absolute atomic E-state index is 11.7. The van der Waals surface area contributed by atoms with Crippen molar-refractivity contribution in [2.45, 2.75) is 18.2 Å². The summed E-state index contributed by atoms with van der Waals surface area (Å²) in [6.45, 7) is 2.91. The molecule has 2 rings (SSSR count). The normalized spacial score (nSPS) is 10.1. The third kappa shape index (κ3) is 27.7. The molecule has 0 aliphatic heterocycles. The van der Waals surface area contributed by atoms with Gasteiger partial charge in [0, 0.05) is 22.7 Å². The first-order chi connectivity index (χ1) is 19.5. The number of carbonyl (C=O) groups excluding carboxylic acids is 3. The molecule has 0 fully saturated rings. The van der Waals surface area contributed by atoms with E-state index in [-0.39, 0.29) is 122 Å². The molecule has 234 valence electrons. The predicted molar refractivity (Wildman–Crippen MR) is 141 cm³/mol. The number of hydrogen-bond donors (Lipinski definition) is 2. The molecule has 1 unspecified atom stereocenters. The van der Waals surface area contributed by atoms with Crippen molar-refractivity contribution >= 4 is 38.5 Å². The van der Waals surface area contributed by atoms with Crippen LogP contribution in [0.1, 0.15) is 14.3 Å². The van der Waals surface area contributed by atoms with Crippen molar-refractivity contribution in [1.29, 1.82) is 0 Å². The van der Waals surface area contributed by atoms with E-state index < -0.39 is 66.0 Å². The second-order valence-electron chi connectivity index (χ2n) is 6.85. The standard InChI is InChI=1S/C10H12N2O6S.C7H7NO5S.C3H5NO.CH2O3.2K.H/c11-9(13)6-7-10(12(14)15)19(16,17)18-8-4-2-1-3-5-8;9-8(10)6-14(11,12)13-7-4-2-1-3-5-7;1-2-3(4)5;2-1-4-3;;;/h1-5,10H,6-7H2,(H2,11,13);1-5H,6H2;2H,1H2,(H2,4,5);1,3H;;;/q;;;;2*+1;-1/p-1. The van der Waals surface area contributed by atoms with Crippen LogP contribution < -0.4 is 128 Å². The molecule has 0 aliphatic rings. The van der Waals surface area contributed by atoms with Gasteiger partial charge in [0.1, 0.15) is 11.5 Å². The fourth-order valence-corrected chi connectivity index (χ4v) is 3.89. The van der Waals surface area contributed by atoms with E-state index in [1.165, 1.54) is 36.4 Å². The number of primary amides is 2. The van der Waals surface area contributed by atoms with Crippen molar-refractivity contribution in [2.24, 2.45) is 11.5 Å². The molecule has 2 amide bonds. The monoisotopic (exact) mass is 716 g/mol. The molecule has 23 heteroatoms. The second-order valence-corrected chi connectivity index (χ2v) is 10.1. The number of amides is 2. The molecular formula is C21H26K2N4O15S2. The number of nitrogens with zero attached hydrogens (tertiary/aromatic N) is 2. The van der Waals surface area contributed by atoms with E-state index >= 15 is 0 Å². The molecule has 19 nitrogen and oxygen atoms in total. The van der Waals surface area contributed by atoms with Gasteiger partial charge in [-0.25, -0.2) is 0 Å². The zero-order chi connectivity index (χ0) is 32.8. The number of nitro groups is 2. The summed E-state index contributed by atoms with van der Waals surface area (Å²) in [5, 5.41) is 27.1. The van der Waals surface area contributed by atoms with Gasteiger partial charge >= 0.3 is 134 Å². The van der Waals surface area contributed by atoms with Crippen molar-refractivity contribution in [3.63, 3.8) is 0 Å². The second kappa shape index (κ2) is 27.4. The van der Waals surface area contributed by atoms with Gasteiger partial charge in [-0.1, -0.05) is 43.0 Å². The van der Waals surface area contributed by atoms with Gasteiger partial charge < -0.3 is 31.4 Å². The fourth-order valence-electron chi connectivity index (χ4n) is 2.06. The maximum Gasteiger partial charge on any atom is 1.00 e. The van der Waals surface area contributed by atoms with Crippen LogP contribution in [0.5, 0.6) is 11.5 Å². The maximum atomic E-state index is 11.7. The summed E-state index contributed by atoms with van der Waals surface area (Å²) in [6, 6.07) is 15.0. The minimum absolute atomic E-state index is 0. The van der Waals surface area contributed by atoms with Crippen LogP contribution in [-0.4, -0.2) is 56.2 Å². The fraction of sp³-hybridized carbons (Fsp3) is 0.190. The van der Waals surface area contributed by atoms with Gasteiger partial charge in [-0.05, 0) is 30.3 Å². The summed E-state index contributed by atoms with van der Waals surface area (Å²) in [6.07, 6.45) is 0.112. The van der Waals surface area contributed by atoms with Crippen molar-refractivity contribution in [2.75, 3.05) is 5.88 Å². The Morgan fingerprint density at radius 3 is 1.59 bits per heavy atom. The molecule has 0 spiro atoms. The third-order valence-corrected chi connectivity index (χ3v) is 6.10. The molecule has 0 aliphatic carbocycles. The first-order valence-electron chi connectivity index (χ1n) is 10.6. The molecular weight excluding hydrogens is 691 g/mol. The van der Waals surface area contributed by atoms with Gasteiger partial charge in [0.05, 0.1) is 0 Å². The third-order valence-electron chi connectivity index (χ3n) is 3.63. The summed E-state index contributed by atoms with van der Waals surface area (Å²) in [5.74, 6) is -2.50. The van der Waals surface area contributed by atoms with Crippen LogP contribution in [0.25, 0.3) is 0 Å². The van der Waals surface area contributed by atoms with Gasteiger partial charge in [0.2, 0.25) is 11.8 Å². The SMILES string of the molecule is C=CC(N)=O.NC(=O)CCC([N+](=O)[O-])S(=O)(=O)Oc1ccccc1.O=CO[O-].O=[N+]([O-])CS(=O)(=O)Oc1ccccc1.[H-].[K+].[K+]. The number of nitrogens with two attached hydrogens (primary N) is 2. The number of carbonyl (C=O) groups is 3. The summed E-state index contributed by atoms with van der Waals surface area (Å²) < 4.78 is 54.4. The Balaban J connectivity index is -0.000000181. The topological polar surface area (TPSA) is 309 Å². The van der Waals surface area contributed by atoms with Crippen LogP contribution in [-0.2, 0) is 39.5 Å². The van der Waals surface area contributed by atoms with Crippen LogP contribution in [0, 0.1) is 20.2 Å². The molecule has 4 N–H and O–H groups in total. The van der Waals surface area contributed by atoms with Crippen molar-refractivity contribution < 1.29 is 164 Å². The summed E-state index contributed by atoms with van der Waals surface area (Å²) in [5.41, 5.74) is 9.37. The Morgan fingerprint density at radius 1 is 0.909 bits per heavy atom. The molecule has 0 saturated heterocycles. The molecule has 44 heavy (non-hydrogen) atoms. The van der Waals surface area contributed by atoms with Crippen LogP contribution in [0.2, 0.25) is 0 Å². The minimum atomic E-state index is -4.48. The number of benzene rings is 2. The molecule has 1 atom stereocenters. The van der Waals surface area contributed by atoms with E-state index in [0.717, 1.165) is 6.08 Å². The Hall–Kier alpha value is -1.88. The zero-order valence-corrected chi connectivity index (χ0v) is 31.2. The minimum Gasteiger partial charge on any atom is -1.00 e. The molecule has 0 aromatic heterocycles. The smallest absolute Gasteiger partial charge is 1.00 e. The summed E-state index contributed by atoms with van der Waals surface area (Å²) in [7, 11) is -8.61. The van der Waals surface area contributed by atoms with Crippen LogP contribution in [0.4, 0.5) is 0 Å². The van der Waals surface area contributed by atoms with Gasteiger partial charge in [-0.15, -0.1) is 0 Å². The Morgan fingerprint density at radius 2 is 1.30 bits per heavy atom. The van der Waals surface area contributed by atoms with Gasteiger partial charge in [0.15, 0.2) is 0 Å². The van der Waals surface area contributed by atoms with Crippen molar-refractivity contribution in [1.82, 2.24) is 0 Å². The van der Waals surface area contributed by atoms with Crippen molar-refractivity contribution in [3.8, 4) is 11.5 Å². The van der Waals surface area contributed by atoms with E-state index in [9.17, 15) is 46.7 Å². The Labute approximate surface area is 338 Å². The van der Waals surface area contributed by atoms with E-state index in [4.69, 9.17) is 15.8 Å². The summed E-state index contributed by atoms with van der Waals surface area (Å²) >= 11 is 0. The van der Waals surface area contributed by atoms with Crippen molar-refractivity contribution in [3.05, 3.63) is 93.5 Å². The average molecular weight is 717 g/mol. The number of rotatable bonds is 13. The first kappa shape index (κ1) is 49.0. The Bertz CT molecular complexity index is 1390. The van der Waals surface area contributed by atoms with Gasteiger partial charge in [-0.3, -0.25) is 34.6 Å². The summed E-state index contributed by atoms with van der Waals surface area (Å²) in [4.78, 5) is 50.0. The number of hydrogen-bond acceptors (Lipinski definition) is 15. The molecule has 2 aromatic rings. The molecule has 0 heterocycles. The van der Waals surface area contributed by atoms with Crippen LogP contribution >= 0.6 is 0 Å². The molecule has 0 radical (unpaired) electrons. The zero-order valence-electron chi connectivity index (χ0n) is 24.3. The predicted octanol–water partition coefficient (Wildman–Crippen LogP) is -6.89.